The summed E-state index contributed by atoms with van der Waals surface area (Å²) in [7, 11) is 0. The van der Waals surface area contributed by atoms with Crippen LogP contribution in [0.25, 0.3) is 0 Å². The summed E-state index contributed by atoms with van der Waals surface area (Å²) in [5.74, 6) is -2.08. The molecule has 8 unspecified atom stereocenters. The second-order valence-corrected chi connectivity index (χ2v) is 10.2. The van der Waals surface area contributed by atoms with Crippen molar-refractivity contribution in [3.8, 4) is 0 Å². The van der Waals surface area contributed by atoms with Crippen LogP contribution in [0.15, 0.2) is 0 Å². The van der Waals surface area contributed by atoms with E-state index >= 15 is 0 Å². The molecule has 3 saturated heterocycles. The molecule has 8 atom stereocenters. The minimum absolute atomic E-state index is 0.0637. The number of carbonyl (C=O) groups is 3. The van der Waals surface area contributed by atoms with Crippen molar-refractivity contribution in [2.45, 2.75) is 46.1 Å². The van der Waals surface area contributed by atoms with Gasteiger partial charge in [-0.15, -0.1) is 11.8 Å². The van der Waals surface area contributed by atoms with Gasteiger partial charge < -0.3 is 15.2 Å². The number of carbonyl (C=O) groups excluding carboxylic acids is 2. The lowest BCUT2D eigenvalue weighted by Gasteiger charge is -2.51. The molecule has 1 amide bonds. The predicted molar refractivity (Wildman–Crippen MR) is 89.6 cm³/mol. The lowest BCUT2D eigenvalue weighted by atomic mass is 9.67. The molecule has 2 N–H and O–H groups in total. The molecule has 4 fully saturated rings. The molecule has 3 aliphatic heterocycles. The summed E-state index contributed by atoms with van der Waals surface area (Å²) in [6.45, 7) is 0. The maximum Gasteiger partial charge on any atom is 0.317 e. The van der Waals surface area contributed by atoms with Gasteiger partial charge in [0.15, 0.2) is 0 Å². The van der Waals surface area contributed by atoms with E-state index in [0.29, 0.717) is 4.83 Å². The minimum atomic E-state index is -1.00. The smallest absolute Gasteiger partial charge is 0.317 e. The Balaban J connectivity index is 1.73. The number of halogens is 1. The number of aliphatic carboxylic acids is 1. The number of ether oxygens (including phenoxy) is 1. The van der Waals surface area contributed by atoms with Crippen molar-refractivity contribution in [1.29, 1.82) is 0 Å². The van der Waals surface area contributed by atoms with Crippen molar-refractivity contribution < 1.29 is 24.2 Å². The van der Waals surface area contributed by atoms with E-state index in [1.807, 2.05) is 0 Å². The molecule has 4 aliphatic rings. The molecular weight excluding hydrogens is 406 g/mol. The fraction of sp³-hybridized carbons (Fsp3) is 0.786. The van der Waals surface area contributed by atoms with Gasteiger partial charge in [0.2, 0.25) is 0 Å². The molecule has 1 saturated carbocycles. The maximum atomic E-state index is 12.5. The Morgan fingerprint density at radius 2 is 2.13 bits per heavy atom. The SMILES string of the molecule is O=C1NC2SC(C(=O)O)C3C(=O)OC4CCC(Br)CC4C3C2S1. The average Bonchev–Trinajstić information content (AvgIpc) is 2.86. The van der Waals surface area contributed by atoms with Crippen LogP contribution in [0.2, 0.25) is 0 Å². The highest BCUT2D eigenvalue weighted by Crippen LogP contribution is 2.55. The van der Waals surface area contributed by atoms with Gasteiger partial charge >= 0.3 is 11.9 Å². The van der Waals surface area contributed by atoms with Crippen LogP contribution in [0, 0.1) is 17.8 Å². The van der Waals surface area contributed by atoms with Gasteiger partial charge in [-0.1, -0.05) is 27.7 Å². The summed E-state index contributed by atoms with van der Waals surface area (Å²) in [5.41, 5.74) is 0. The fourth-order valence-corrected chi connectivity index (χ4v) is 8.06. The van der Waals surface area contributed by atoms with Crippen LogP contribution in [0.1, 0.15) is 19.3 Å². The molecule has 3 heterocycles. The molecular formula is C14H16BrNO5S2. The number of carboxylic acid groups (broad SMARTS) is 1. The Hall–Kier alpha value is -0.410. The number of alkyl halides is 1. The van der Waals surface area contributed by atoms with Crippen LogP contribution in [-0.2, 0) is 14.3 Å². The summed E-state index contributed by atoms with van der Waals surface area (Å²) in [5, 5.41) is 11.1. The largest absolute Gasteiger partial charge is 0.480 e. The standard InChI is InChI=1S/C14H16BrNO5S2/c15-4-1-2-6-5(3-4)7-8(13(19)21-6)10(12(17)18)22-11-9(7)23-14(20)16-11/h4-11H,1-3H2,(H,16,20)(H,17,18). The number of thioether (sulfide) groups is 2. The molecule has 4 rings (SSSR count). The zero-order valence-electron chi connectivity index (χ0n) is 12.0. The number of esters is 1. The number of hydrogen-bond donors (Lipinski definition) is 2. The Bertz CT molecular complexity index is 575. The van der Waals surface area contributed by atoms with Gasteiger partial charge in [-0.2, -0.15) is 0 Å². The van der Waals surface area contributed by atoms with Gasteiger partial charge in [0.05, 0.1) is 11.3 Å². The number of carboxylic acids is 1. The summed E-state index contributed by atoms with van der Waals surface area (Å²) in [4.78, 5) is 36.4. The Morgan fingerprint density at radius 1 is 1.35 bits per heavy atom. The number of nitrogens with one attached hydrogen (secondary N) is 1. The van der Waals surface area contributed by atoms with E-state index in [1.165, 1.54) is 23.5 Å². The van der Waals surface area contributed by atoms with Crippen molar-refractivity contribution in [3.63, 3.8) is 0 Å². The third-order valence-electron chi connectivity index (χ3n) is 5.26. The lowest BCUT2D eigenvalue weighted by Crippen LogP contribution is -2.60. The molecule has 6 nitrogen and oxygen atoms in total. The molecule has 9 heteroatoms. The van der Waals surface area contributed by atoms with Crippen LogP contribution in [0.5, 0.6) is 0 Å². The molecule has 1 aliphatic carbocycles. The van der Waals surface area contributed by atoms with Crippen molar-refractivity contribution in [2.24, 2.45) is 17.8 Å². The quantitative estimate of drug-likeness (QED) is 0.494. The van der Waals surface area contributed by atoms with Gasteiger partial charge in [0.1, 0.15) is 11.4 Å². The Morgan fingerprint density at radius 3 is 2.87 bits per heavy atom. The van der Waals surface area contributed by atoms with Crippen LogP contribution in [0.3, 0.4) is 0 Å². The first-order valence-electron chi connectivity index (χ1n) is 7.65. The molecule has 0 bridgehead atoms. The molecule has 0 radical (unpaired) electrons. The van der Waals surface area contributed by atoms with E-state index in [4.69, 9.17) is 4.74 Å². The third-order valence-corrected chi connectivity index (χ3v) is 8.95. The first-order chi connectivity index (χ1) is 11.0. The van der Waals surface area contributed by atoms with Crippen LogP contribution in [0.4, 0.5) is 4.79 Å². The molecule has 0 aromatic heterocycles. The first kappa shape index (κ1) is 16.1. The van der Waals surface area contributed by atoms with Gasteiger partial charge in [0.25, 0.3) is 5.24 Å². The topological polar surface area (TPSA) is 92.7 Å². The summed E-state index contributed by atoms with van der Waals surface area (Å²) in [6, 6.07) is 0. The second-order valence-electron chi connectivity index (χ2n) is 6.48. The van der Waals surface area contributed by atoms with Gasteiger partial charge in [-0.25, -0.2) is 0 Å². The molecule has 0 spiro atoms. The maximum absolute atomic E-state index is 12.5. The summed E-state index contributed by atoms with van der Waals surface area (Å²) < 4.78 is 5.61. The number of hydrogen-bond acceptors (Lipinski definition) is 6. The molecule has 23 heavy (non-hydrogen) atoms. The van der Waals surface area contributed by atoms with Crippen molar-refractivity contribution in [1.82, 2.24) is 5.32 Å². The van der Waals surface area contributed by atoms with Gasteiger partial charge in [0, 0.05) is 16.0 Å². The second kappa shape index (κ2) is 5.84. The van der Waals surface area contributed by atoms with Crippen LogP contribution < -0.4 is 5.32 Å². The highest BCUT2D eigenvalue weighted by Gasteiger charge is 2.61. The van der Waals surface area contributed by atoms with E-state index in [2.05, 4.69) is 21.2 Å². The van der Waals surface area contributed by atoms with Crippen LogP contribution >= 0.6 is 39.5 Å². The number of amides is 1. The van der Waals surface area contributed by atoms with Crippen molar-refractivity contribution in [3.05, 3.63) is 0 Å². The normalized spacial score (nSPS) is 48.6. The first-order valence-corrected chi connectivity index (χ1v) is 10.4. The fourth-order valence-electron chi connectivity index (χ4n) is 4.36. The van der Waals surface area contributed by atoms with Crippen LogP contribution in [-0.4, -0.2) is 49.1 Å². The van der Waals surface area contributed by atoms with E-state index in [9.17, 15) is 19.5 Å². The number of fused-ring (bicyclic) bond motifs is 5. The Kier molecular flexibility index (Phi) is 4.08. The zero-order valence-corrected chi connectivity index (χ0v) is 15.2. The zero-order chi connectivity index (χ0) is 16.3. The average molecular weight is 422 g/mol. The highest BCUT2D eigenvalue weighted by molar-refractivity contribution is 9.09. The van der Waals surface area contributed by atoms with Gasteiger partial charge in [-0.3, -0.25) is 14.4 Å². The minimum Gasteiger partial charge on any atom is -0.480 e. The van der Waals surface area contributed by atoms with E-state index < -0.39 is 23.1 Å². The monoisotopic (exact) mass is 421 g/mol. The summed E-state index contributed by atoms with van der Waals surface area (Å²) >= 11 is 6.06. The van der Waals surface area contributed by atoms with Gasteiger partial charge in [-0.05, 0) is 25.2 Å². The van der Waals surface area contributed by atoms with Crippen molar-refractivity contribution >= 4 is 56.6 Å². The van der Waals surface area contributed by atoms with E-state index in [0.717, 1.165) is 19.3 Å². The Labute approximate surface area is 150 Å². The molecule has 0 aromatic carbocycles. The molecule has 0 aromatic rings. The predicted octanol–water partition coefficient (Wildman–Crippen LogP) is 2.06. The van der Waals surface area contributed by atoms with E-state index in [-0.39, 0.29) is 33.8 Å². The summed E-state index contributed by atoms with van der Waals surface area (Å²) in [6.07, 6.45) is 2.45. The van der Waals surface area contributed by atoms with Crippen molar-refractivity contribution in [2.75, 3.05) is 0 Å². The third kappa shape index (κ3) is 2.59. The highest BCUT2D eigenvalue weighted by atomic mass is 79.9. The lowest BCUT2D eigenvalue weighted by molar-refractivity contribution is -0.178. The molecule has 126 valence electrons. The van der Waals surface area contributed by atoms with E-state index in [1.54, 1.807) is 0 Å². The number of rotatable bonds is 1.